The monoisotopic (exact) mass is 276 g/mol. The van der Waals surface area contributed by atoms with Crippen LogP contribution in [0.4, 0.5) is 5.82 Å². The zero-order valence-electron chi connectivity index (χ0n) is 8.55. The summed E-state index contributed by atoms with van der Waals surface area (Å²) in [6.07, 6.45) is 2.35. The molecule has 1 aromatic rings. The minimum atomic E-state index is -3.44. The molecule has 2 rings (SSSR count). The standard InChI is InChI=1S/C9H9ClN2O4S/c10-7-4-11-8(3-6(7)9(13)14)12-17(15,16)5-1-2-5/h3-5H,1-2H2,(H,11,12)(H,13,14). The first-order chi connectivity index (χ1) is 7.90. The molecule has 1 aliphatic rings. The average molecular weight is 277 g/mol. The van der Waals surface area contributed by atoms with E-state index in [1.54, 1.807) is 0 Å². The van der Waals surface area contributed by atoms with Gasteiger partial charge in [0, 0.05) is 6.20 Å². The molecule has 2 N–H and O–H groups in total. The molecule has 0 saturated heterocycles. The summed E-state index contributed by atoms with van der Waals surface area (Å²) >= 11 is 5.62. The maximum Gasteiger partial charge on any atom is 0.337 e. The van der Waals surface area contributed by atoms with Crippen molar-refractivity contribution in [3.8, 4) is 0 Å². The normalized spacial score (nSPS) is 15.6. The van der Waals surface area contributed by atoms with E-state index in [0.29, 0.717) is 12.8 Å². The van der Waals surface area contributed by atoms with Crippen molar-refractivity contribution in [2.75, 3.05) is 4.72 Å². The molecule has 1 saturated carbocycles. The van der Waals surface area contributed by atoms with E-state index in [4.69, 9.17) is 16.7 Å². The summed E-state index contributed by atoms with van der Waals surface area (Å²) in [6.45, 7) is 0. The fourth-order valence-corrected chi connectivity index (χ4v) is 2.78. The highest BCUT2D eigenvalue weighted by atomic mass is 35.5. The Morgan fingerprint density at radius 2 is 2.18 bits per heavy atom. The van der Waals surface area contributed by atoms with Crippen LogP contribution in [0.2, 0.25) is 5.02 Å². The lowest BCUT2D eigenvalue weighted by Gasteiger charge is -2.07. The number of sulfonamides is 1. The molecule has 0 amide bonds. The Morgan fingerprint density at radius 1 is 1.53 bits per heavy atom. The van der Waals surface area contributed by atoms with Gasteiger partial charge in [0.1, 0.15) is 5.82 Å². The first-order valence-electron chi connectivity index (χ1n) is 4.80. The van der Waals surface area contributed by atoms with Crippen LogP contribution in [0.25, 0.3) is 0 Å². The average Bonchev–Trinajstić information content (AvgIpc) is 3.03. The Morgan fingerprint density at radius 3 is 2.71 bits per heavy atom. The Balaban J connectivity index is 2.28. The number of hydrogen-bond donors (Lipinski definition) is 2. The summed E-state index contributed by atoms with van der Waals surface area (Å²) in [6, 6.07) is 1.10. The molecule has 1 aromatic heterocycles. The Kier molecular flexibility index (Phi) is 2.96. The number of nitrogens with one attached hydrogen (secondary N) is 1. The van der Waals surface area contributed by atoms with Crippen LogP contribution < -0.4 is 4.72 Å². The Hall–Kier alpha value is -1.34. The first kappa shape index (κ1) is 12.1. The lowest BCUT2D eigenvalue weighted by molar-refractivity contribution is 0.0697. The minimum absolute atomic E-state index is 0.0290. The van der Waals surface area contributed by atoms with E-state index in [2.05, 4.69) is 9.71 Å². The molecule has 8 heteroatoms. The number of carboxylic acids is 1. The number of carboxylic acid groups (broad SMARTS) is 1. The lowest BCUT2D eigenvalue weighted by atomic mass is 10.2. The second-order valence-electron chi connectivity index (χ2n) is 3.70. The highest BCUT2D eigenvalue weighted by Gasteiger charge is 2.36. The van der Waals surface area contributed by atoms with E-state index in [0.717, 1.165) is 12.3 Å². The van der Waals surface area contributed by atoms with Gasteiger partial charge in [-0.3, -0.25) is 4.72 Å². The van der Waals surface area contributed by atoms with E-state index in [-0.39, 0.29) is 16.4 Å². The van der Waals surface area contributed by atoms with Gasteiger partial charge in [-0.25, -0.2) is 18.2 Å². The van der Waals surface area contributed by atoms with Crippen LogP contribution in [0.3, 0.4) is 0 Å². The van der Waals surface area contributed by atoms with E-state index < -0.39 is 21.2 Å². The van der Waals surface area contributed by atoms with E-state index in [1.165, 1.54) is 0 Å². The molecule has 0 aromatic carbocycles. The molecule has 0 radical (unpaired) electrons. The van der Waals surface area contributed by atoms with Gasteiger partial charge in [0.15, 0.2) is 0 Å². The number of aromatic carboxylic acids is 1. The van der Waals surface area contributed by atoms with E-state index >= 15 is 0 Å². The third kappa shape index (κ3) is 2.67. The topological polar surface area (TPSA) is 96.4 Å². The quantitative estimate of drug-likeness (QED) is 0.865. The van der Waals surface area contributed by atoms with Gasteiger partial charge in [0.2, 0.25) is 10.0 Å². The number of pyridine rings is 1. The number of carbonyl (C=O) groups is 1. The molecule has 1 heterocycles. The summed E-state index contributed by atoms with van der Waals surface area (Å²) in [4.78, 5) is 14.5. The molecular weight excluding hydrogens is 268 g/mol. The van der Waals surface area contributed by atoms with Gasteiger partial charge in [0.05, 0.1) is 15.8 Å². The summed E-state index contributed by atoms with van der Waals surface area (Å²) in [5, 5.41) is 8.39. The summed E-state index contributed by atoms with van der Waals surface area (Å²) in [7, 11) is -3.44. The molecular formula is C9H9ClN2O4S. The molecule has 0 unspecified atom stereocenters. The van der Waals surface area contributed by atoms with Crippen LogP contribution in [0, 0.1) is 0 Å². The van der Waals surface area contributed by atoms with Gasteiger partial charge in [-0.1, -0.05) is 11.6 Å². The largest absolute Gasteiger partial charge is 0.478 e. The van der Waals surface area contributed by atoms with Crippen LogP contribution in [0.1, 0.15) is 23.2 Å². The molecule has 0 spiro atoms. The minimum Gasteiger partial charge on any atom is -0.478 e. The fourth-order valence-electron chi connectivity index (χ4n) is 1.27. The molecule has 0 atom stereocenters. The maximum absolute atomic E-state index is 11.6. The zero-order valence-corrected chi connectivity index (χ0v) is 10.1. The van der Waals surface area contributed by atoms with Crippen molar-refractivity contribution in [3.63, 3.8) is 0 Å². The molecule has 1 fully saturated rings. The van der Waals surface area contributed by atoms with Crippen molar-refractivity contribution in [1.29, 1.82) is 0 Å². The van der Waals surface area contributed by atoms with Crippen LogP contribution in [-0.2, 0) is 10.0 Å². The van der Waals surface area contributed by atoms with Gasteiger partial charge in [0.25, 0.3) is 0 Å². The zero-order chi connectivity index (χ0) is 12.6. The van der Waals surface area contributed by atoms with Crippen molar-refractivity contribution in [3.05, 3.63) is 22.8 Å². The summed E-state index contributed by atoms with van der Waals surface area (Å²) in [5.74, 6) is -1.26. The Bertz CT molecular complexity index is 568. The fraction of sp³-hybridized carbons (Fsp3) is 0.333. The molecule has 0 aliphatic heterocycles. The highest BCUT2D eigenvalue weighted by Crippen LogP contribution is 2.29. The maximum atomic E-state index is 11.6. The number of rotatable bonds is 4. The third-order valence-electron chi connectivity index (χ3n) is 2.30. The van der Waals surface area contributed by atoms with Crippen LogP contribution in [0.15, 0.2) is 12.3 Å². The first-order valence-corrected chi connectivity index (χ1v) is 6.73. The van der Waals surface area contributed by atoms with Crippen molar-refractivity contribution < 1.29 is 18.3 Å². The smallest absolute Gasteiger partial charge is 0.337 e. The summed E-state index contributed by atoms with van der Waals surface area (Å²) in [5.41, 5.74) is -0.185. The van der Waals surface area contributed by atoms with E-state index in [9.17, 15) is 13.2 Å². The van der Waals surface area contributed by atoms with E-state index in [1.807, 2.05) is 0 Å². The van der Waals surface area contributed by atoms with Gasteiger partial charge in [-0.05, 0) is 18.9 Å². The molecule has 6 nitrogen and oxygen atoms in total. The number of anilines is 1. The van der Waals surface area contributed by atoms with Crippen molar-refractivity contribution >= 4 is 33.4 Å². The van der Waals surface area contributed by atoms with Crippen molar-refractivity contribution in [1.82, 2.24) is 4.98 Å². The van der Waals surface area contributed by atoms with Crippen LogP contribution in [0.5, 0.6) is 0 Å². The highest BCUT2D eigenvalue weighted by molar-refractivity contribution is 7.93. The SMILES string of the molecule is O=C(O)c1cc(NS(=O)(=O)C2CC2)ncc1Cl. The number of hydrogen-bond acceptors (Lipinski definition) is 4. The van der Waals surface area contributed by atoms with Gasteiger partial charge < -0.3 is 5.11 Å². The van der Waals surface area contributed by atoms with Gasteiger partial charge in [-0.15, -0.1) is 0 Å². The van der Waals surface area contributed by atoms with Crippen LogP contribution >= 0.6 is 11.6 Å². The predicted octanol–water partition coefficient (Wildman–Crippen LogP) is 1.34. The lowest BCUT2D eigenvalue weighted by Crippen LogP contribution is -2.18. The number of nitrogens with zero attached hydrogens (tertiary/aromatic N) is 1. The number of aromatic nitrogens is 1. The van der Waals surface area contributed by atoms with Gasteiger partial charge >= 0.3 is 5.97 Å². The van der Waals surface area contributed by atoms with Gasteiger partial charge in [-0.2, -0.15) is 0 Å². The molecule has 0 bridgehead atoms. The Labute approximate surface area is 103 Å². The third-order valence-corrected chi connectivity index (χ3v) is 4.44. The van der Waals surface area contributed by atoms with Crippen molar-refractivity contribution in [2.24, 2.45) is 0 Å². The molecule has 17 heavy (non-hydrogen) atoms. The number of halogens is 1. The molecule has 92 valence electrons. The van der Waals surface area contributed by atoms with Crippen LogP contribution in [-0.4, -0.2) is 29.7 Å². The second-order valence-corrected chi connectivity index (χ2v) is 6.07. The predicted molar refractivity (Wildman–Crippen MR) is 61.8 cm³/mol. The van der Waals surface area contributed by atoms with Crippen molar-refractivity contribution in [2.45, 2.75) is 18.1 Å². The second kappa shape index (κ2) is 4.15. The summed E-state index contributed by atoms with van der Waals surface area (Å²) < 4.78 is 25.4. The molecule has 1 aliphatic carbocycles.